The highest BCUT2D eigenvalue weighted by atomic mass is 32.2. The van der Waals surface area contributed by atoms with Crippen LogP contribution in [0, 0.1) is 0 Å². The van der Waals surface area contributed by atoms with Gasteiger partial charge in [-0.1, -0.05) is 48.5 Å². The number of carboxylic acid groups (broad SMARTS) is 1. The summed E-state index contributed by atoms with van der Waals surface area (Å²) in [6.45, 7) is 0.464. The van der Waals surface area contributed by atoms with Gasteiger partial charge in [0.1, 0.15) is 5.82 Å². The first-order valence-electron chi connectivity index (χ1n) is 13.6. The second-order valence-corrected chi connectivity index (χ2v) is 11.6. The molecular weight excluding hydrogens is 568 g/mol. The van der Waals surface area contributed by atoms with E-state index in [0.717, 1.165) is 11.1 Å². The van der Waals surface area contributed by atoms with Gasteiger partial charge in [0.15, 0.2) is 0 Å². The number of aliphatic carboxylic acids is 1. The van der Waals surface area contributed by atoms with E-state index in [1.54, 1.807) is 42.6 Å². The molecule has 0 aliphatic heterocycles. The number of hydrogen-bond donors (Lipinski definition) is 5. The van der Waals surface area contributed by atoms with Gasteiger partial charge < -0.3 is 15.7 Å². The van der Waals surface area contributed by atoms with Crippen LogP contribution in [0.15, 0.2) is 108 Å². The molecule has 0 fully saturated rings. The Hall–Kier alpha value is -5.07. The van der Waals surface area contributed by atoms with Crippen molar-refractivity contribution < 1.29 is 23.1 Å². The second-order valence-electron chi connectivity index (χ2n) is 9.93. The highest BCUT2D eigenvalue weighted by molar-refractivity contribution is 7.89. The molecule has 2 heterocycles. The van der Waals surface area contributed by atoms with E-state index in [0.29, 0.717) is 29.7 Å². The molecule has 0 saturated carbocycles. The maximum Gasteiger partial charge on any atom is 0.345 e. The van der Waals surface area contributed by atoms with E-state index in [9.17, 15) is 23.1 Å². The van der Waals surface area contributed by atoms with Crippen LogP contribution in [0.3, 0.4) is 0 Å². The fourth-order valence-corrected chi connectivity index (χ4v) is 5.95. The molecule has 0 saturated heterocycles. The molecule has 5 rings (SSSR count). The van der Waals surface area contributed by atoms with Crippen LogP contribution in [0.1, 0.15) is 29.6 Å². The van der Waals surface area contributed by atoms with Gasteiger partial charge in [-0.05, 0) is 72.9 Å². The topological polar surface area (TPSA) is 166 Å². The molecular formula is C31H30N6O5S. The highest BCUT2D eigenvalue weighted by Crippen LogP contribution is 2.24. The van der Waals surface area contributed by atoms with Gasteiger partial charge >= 0.3 is 5.97 Å². The quantitative estimate of drug-likeness (QED) is 0.0983. The summed E-state index contributed by atoms with van der Waals surface area (Å²) in [4.78, 5) is 30.2. The SMILES string of the molecule is O=C(N[C@@](CCCCNc1ccccn1)(NS(=O)(=O)c1ccc(-c2ccccc2)cc1)C(=O)O)c1ccc2[nH]ncc2c1. The van der Waals surface area contributed by atoms with Crippen molar-refractivity contribution in [3.63, 3.8) is 0 Å². The smallest absolute Gasteiger partial charge is 0.345 e. The molecule has 0 spiro atoms. The molecule has 11 nitrogen and oxygen atoms in total. The van der Waals surface area contributed by atoms with Crippen molar-refractivity contribution in [1.29, 1.82) is 0 Å². The first-order chi connectivity index (χ1) is 20.8. The van der Waals surface area contributed by atoms with Gasteiger partial charge in [0.05, 0.1) is 16.6 Å². The van der Waals surface area contributed by atoms with E-state index in [-0.39, 0.29) is 23.3 Å². The van der Waals surface area contributed by atoms with Crippen LogP contribution < -0.4 is 15.4 Å². The first kappa shape index (κ1) is 29.4. The zero-order chi connectivity index (χ0) is 30.3. The summed E-state index contributed by atoms with van der Waals surface area (Å²) in [6, 6.07) is 25.7. The number of aromatic nitrogens is 3. The van der Waals surface area contributed by atoms with Gasteiger partial charge in [0.2, 0.25) is 15.7 Å². The van der Waals surface area contributed by atoms with Gasteiger partial charge in [0, 0.05) is 23.7 Å². The average Bonchev–Trinajstić information content (AvgIpc) is 3.50. The maximum atomic E-state index is 13.6. The maximum absolute atomic E-state index is 13.6. The number of nitrogens with one attached hydrogen (secondary N) is 4. The lowest BCUT2D eigenvalue weighted by Crippen LogP contribution is -2.65. The van der Waals surface area contributed by atoms with E-state index in [2.05, 4.69) is 30.5 Å². The number of anilines is 1. The zero-order valence-corrected chi connectivity index (χ0v) is 23.8. The predicted octanol–water partition coefficient (Wildman–Crippen LogP) is 4.40. The number of rotatable bonds is 13. The normalized spacial score (nSPS) is 12.8. The van der Waals surface area contributed by atoms with E-state index in [4.69, 9.17) is 0 Å². The van der Waals surface area contributed by atoms with Crippen LogP contribution in [0.5, 0.6) is 0 Å². The Kier molecular flexibility index (Phi) is 8.79. The molecule has 1 atom stereocenters. The molecule has 12 heteroatoms. The summed E-state index contributed by atoms with van der Waals surface area (Å²) in [5.74, 6) is -1.62. The third-order valence-corrected chi connectivity index (χ3v) is 8.43. The molecule has 0 aliphatic carbocycles. The largest absolute Gasteiger partial charge is 0.478 e. The van der Waals surface area contributed by atoms with Crippen LogP contribution in [0.4, 0.5) is 5.82 Å². The van der Waals surface area contributed by atoms with E-state index in [1.807, 2.05) is 36.4 Å². The van der Waals surface area contributed by atoms with Gasteiger partial charge in [-0.15, -0.1) is 0 Å². The van der Waals surface area contributed by atoms with E-state index < -0.39 is 27.6 Å². The number of carbonyl (C=O) groups is 2. The Labute approximate surface area is 248 Å². The highest BCUT2D eigenvalue weighted by Gasteiger charge is 2.44. The fraction of sp³-hybridized carbons (Fsp3) is 0.161. The summed E-state index contributed by atoms with van der Waals surface area (Å²) < 4.78 is 29.5. The number of benzene rings is 3. The Morgan fingerprint density at radius 3 is 2.35 bits per heavy atom. The number of nitrogens with zero attached hydrogens (tertiary/aromatic N) is 2. The number of hydrogen-bond acceptors (Lipinski definition) is 7. The number of unbranched alkanes of at least 4 members (excludes halogenated alkanes) is 1. The zero-order valence-electron chi connectivity index (χ0n) is 23.0. The van der Waals surface area contributed by atoms with Gasteiger partial charge in [-0.25, -0.2) is 18.2 Å². The monoisotopic (exact) mass is 598 g/mol. The predicted molar refractivity (Wildman–Crippen MR) is 163 cm³/mol. The van der Waals surface area contributed by atoms with Crippen LogP contribution in [0.25, 0.3) is 22.0 Å². The summed E-state index contributed by atoms with van der Waals surface area (Å²) in [6.07, 6.45) is 3.72. The van der Waals surface area contributed by atoms with Crippen molar-refractivity contribution in [2.24, 2.45) is 0 Å². The second kappa shape index (κ2) is 12.8. The van der Waals surface area contributed by atoms with Crippen molar-refractivity contribution in [3.05, 3.63) is 109 Å². The lowest BCUT2D eigenvalue weighted by atomic mass is 10.0. The van der Waals surface area contributed by atoms with Crippen molar-refractivity contribution in [1.82, 2.24) is 25.2 Å². The van der Waals surface area contributed by atoms with E-state index >= 15 is 0 Å². The molecule has 2 aromatic heterocycles. The molecule has 0 unspecified atom stereocenters. The Morgan fingerprint density at radius 2 is 1.63 bits per heavy atom. The Balaban J connectivity index is 1.38. The average molecular weight is 599 g/mol. The van der Waals surface area contributed by atoms with Gasteiger partial charge in [0.25, 0.3) is 5.91 Å². The molecule has 220 valence electrons. The molecule has 5 N–H and O–H groups in total. The standard InChI is InChI=1S/C31H30N6O5S/c38-29(24-13-16-27-25(20-24)21-34-36-27)35-31(30(39)40,17-5-7-19-33-28-10-4-6-18-32-28)37-43(41,42)26-14-11-23(12-15-26)22-8-2-1-3-9-22/h1-4,6,8-16,18,20-21,37H,5,7,17,19H2,(H,32,33)(H,34,36)(H,35,38)(H,39,40)/t31-/m0/s1. The minimum atomic E-state index is -4.39. The molecule has 5 aromatic rings. The summed E-state index contributed by atoms with van der Waals surface area (Å²) in [5.41, 5.74) is 0.224. The first-order valence-corrected chi connectivity index (χ1v) is 15.1. The minimum Gasteiger partial charge on any atom is -0.478 e. The van der Waals surface area contributed by atoms with Crippen LogP contribution >= 0.6 is 0 Å². The van der Waals surface area contributed by atoms with Crippen LogP contribution in [-0.4, -0.2) is 52.8 Å². The van der Waals surface area contributed by atoms with Crippen LogP contribution in [-0.2, 0) is 14.8 Å². The number of aromatic amines is 1. The fourth-order valence-electron chi connectivity index (χ4n) is 4.64. The summed E-state index contributed by atoms with van der Waals surface area (Å²) in [5, 5.41) is 23.4. The summed E-state index contributed by atoms with van der Waals surface area (Å²) >= 11 is 0. The number of H-pyrrole nitrogens is 1. The summed E-state index contributed by atoms with van der Waals surface area (Å²) in [7, 11) is -4.39. The lowest BCUT2D eigenvalue weighted by Gasteiger charge is -2.31. The number of pyridine rings is 1. The van der Waals surface area contributed by atoms with Gasteiger partial charge in [-0.2, -0.15) is 9.82 Å². The third kappa shape index (κ3) is 7.05. The van der Waals surface area contributed by atoms with Crippen molar-refractivity contribution in [3.8, 4) is 11.1 Å². The molecule has 43 heavy (non-hydrogen) atoms. The number of amides is 1. The third-order valence-electron chi connectivity index (χ3n) is 6.92. The van der Waals surface area contributed by atoms with Gasteiger partial charge in [-0.3, -0.25) is 9.89 Å². The van der Waals surface area contributed by atoms with Crippen LogP contribution in [0.2, 0.25) is 0 Å². The lowest BCUT2D eigenvalue weighted by molar-refractivity contribution is -0.145. The molecule has 0 radical (unpaired) electrons. The molecule has 0 bridgehead atoms. The number of sulfonamides is 1. The number of fused-ring (bicyclic) bond motifs is 1. The van der Waals surface area contributed by atoms with Crippen molar-refractivity contribution in [2.75, 3.05) is 11.9 Å². The number of carbonyl (C=O) groups excluding carboxylic acids is 1. The van der Waals surface area contributed by atoms with Crippen molar-refractivity contribution in [2.45, 2.75) is 29.8 Å². The minimum absolute atomic E-state index is 0.135. The Morgan fingerprint density at radius 1 is 0.884 bits per heavy atom. The van der Waals surface area contributed by atoms with Crippen molar-refractivity contribution >= 4 is 38.6 Å². The van der Waals surface area contributed by atoms with E-state index in [1.165, 1.54) is 24.4 Å². The number of carboxylic acids is 1. The Bertz CT molecular complexity index is 1810. The molecule has 3 aromatic carbocycles. The molecule has 1 amide bonds. The molecule has 0 aliphatic rings.